The van der Waals surface area contributed by atoms with Crippen molar-refractivity contribution in [1.82, 2.24) is 4.90 Å². The zero-order valence-corrected chi connectivity index (χ0v) is 6.70. The summed E-state index contributed by atoms with van der Waals surface area (Å²) in [4.78, 5) is 23.1. The molecule has 0 bridgehead atoms. The van der Waals surface area contributed by atoms with Gasteiger partial charge < -0.3 is 10.6 Å². The lowest BCUT2D eigenvalue weighted by Gasteiger charge is -2.39. The number of nitrogens with zero attached hydrogens (tertiary/aromatic N) is 1. The average Bonchev–Trinajstić information content (AvgIpc) is 1.98. The van der Waals surface area contributed by atoms with Gasteiger partial charge in [0.1, 0.15) is 6.04 Å². The van der Waals surface area contributed by atoms with Crippen LogP contribution in [0.1, 0.15) is 13.8 Å². The number of primary amides is 1. The van der Waals surface area contributed by atoms with E-state index in [0.717, 1.165) is 0 Å². The van der Waals surface area contributed by atoms with Crippen LogP contribution in [0, 0.1) is 5.92 Å². The molecule has 11 heavy (non-hydrogen) atoms. The van der Waals surface area contributed by atoms with Crippen LogP contribution in [-0.2, 0) is 9.59 Å². The Morgan fingerprint density at radius 3 is 2.64 bits per heavy atom. The lowest BCUT2D eigenvalue weighted by Crippen LogP contribution is -2.58. The molecule has 0 spiro atoms. The summed E-state index contributed by atoms with van der Waals surface area (Å²) in [7, 11) is 0. The second-order valence-electron chi connectivity index (χ2n) is 2.97. The van der Waals surface area contributed by atoms with Gasteiger partial charge in [0.2, 0.25) is 11.8 Å². The Kier molecular flexibility index (Phi) is 1.85. The van der Waals surface area contributed by atoms with Gasteiger partial charge in [0.25, 0.3) is 0 Å². The Bertz CT molecular complexity index is 203. The second kappa shape index (κ2) is 2.53. The third kappa shape index (κ3) is 1.20. The maximum atomic E-state index is 11.0. The molecule has 1 rings (SSSR count). The van der Waals surface area contributed by atoms with Crippen LogP contribution < -0.4 is 5.73 Å². The van der Waals surface area contributed by atoms with Gasteiger partial charge in [-0.25, -0.2) is 0 Å². The minimum absolute atomic E-state index is 0.0244. The standard InChI is InChI=1S/C7H12N2O2/c1-4-3-9(7(4)11)5(2)6(8)10/h4-5H,3H2,1-2H3,(H2,8,10). The smallest absolute Gasteiger partial charge is 0.239 e. The van der Waals surface area contributed by atoms with Crippen molar-refractivity contribution < 1.29 is 9.59 Å². The summed E-state index contributed by atoms with van der Waals surface area (Å²) in [6.45, 7) is 4.14. The zero-order valence-electron chi connectivity index (χ0n) is 6.70. The predicted octanol–water partition coefficient (Wildman–Crippen LogP) is -0.662. The Hall–Kier alpha value is -1.06. The van der Waals surface area contributed by atoms with E-state index in [9.17, 15) is 9.59 Å². The largest absolute Gasteiger partial charge is 0.368 e. The van der Waals surface area contributed by atoms with E-state index >= 15 is 0 Å². The highest BCUT2D eigenvalue weighted by atomic mass is 16.2. The Labute approximate surface area is 65.3 Å². The molecule has 1 aliphatic heterocycles. The van der Waals surface area contributed by atoms with Crippen molar-refractivity contribution in [3.05, 3.63) is 0 Å². The number of nitrogens with two attached hydrogens (primary N) is 1. The summed E-state index contributed by atoms with van der Waals surface area (Å²) in [6.07, 6.45) is 0. The van der Waals surface area contributed by atoms with Crippen molar-refractivity contribution in [3.63, 3.8) is 0 Å². The molecular weight excluding hydrogens is 144 g/mol. The number of hydrogen-bond donors (Lipinski definition) is 1. The van der Waals surface area contributed by atoms with Crippen molar-refractivity contribution in [1.29, 1.82) is 0 Å². The molecule has 0 aromatic heterocycles. The van der Waals surface area contributed by atoms with E-state index in [-0.39, 0.29) is 11.8 Å². The molecule has 62 valence electrons. The highest BCUT2D eigenvalue weighted by Gasteiger charge is 2.37. The topological polar surface area (TPSA) is 63.4 Å². The van der Waals surface area contributed by atoms with Gasteiger partial charge in [-0.1, -0.05) is 6.92 Å². The van der Waals surface area contributed by atoms with Crippen LogP contribution in [-0.4, -0.2) is 29.3 Å². The highest BCUT2D eigenvalue weighted by molar-refractivity contribution is 5.90. The number of hydrogen-bond acceptors (Lipinski definition) is 2. The van der Waals surface area contributed by atoms with Gasteiger partial charge in [0, 0.05) is 6.54 Å². The predicted molar refractivity (Wildman–Crippen MR) is 39.5 cm³/mol. The van der Waals surface area contributed by atoms with Gasteiger partial charge in [-0.05, 0) is 6.92 Å². The van der Waals surface area contributed by atoms with Crippen LogP contribution in [0.25, 0.3) is 0 Å². The molecule has 4 nitrogen and oxygen atoms in total. The lowest BCUT2D eigenvalue weighted by atomic mass is 9.99. The van der Waals surface area contributed by atoms with Crippen LogP contribution in [0.2, 0.25) is 0 Å². The van der Waals surface area contributed by atoms with Gasteiger partial charge in [-0.3, -0.25) is 9.59 Å². The fourth-order valence-corrected chi connectivity index (χ4v) is 1.14. The van der Waals surface area contributed by atoms with Gasteiger partial charge in [-0.2, -0.15) is 0 Å². The third-order valence-corrected chi connectivity index (χ3v) is 2.05. The average molecular weight is 156 g/mol. The molecule has 0 aliphatic carbocycles. The summed E-state index contributed by atoms with van der Waals surface area (Å²) in [6, 6.07) is -0.446. The molecule has 2 N–H and O–H groups in total. The van der Waals surface area contributed by atoms with Crippen molar-refractivity contribution in [2.75, 3.05) is 6.54 Å². The summed E-state index contributed by atoms with van der Waals surface area (Å²) >= 11 is 0. The molecule has 4 heteroatoms. The van der Waals surface area contributed by atoms with Gasteiger partial charge in [0.05, 0.1) is 5.92 Å². The number of β-lactam (4-membered cyclic amide) rings is 1. The third-order valence-electron chi connectivity index (χ3n) is 2.05. The fourth-order valence-electron chi connectivity index (χ4n) is 1.14. The van der Waals surface area contributed by atoms with Crippen LogP contribution in [0.5, 0.6) is 0 Å². The van der Waals surface area contributed by atoms with Crippen LogP contribution in [0.15, 0.2) is 0 Å². The molecular formula is C7H12N2O2. The molecule has 2 amide bonds. The monoisotopic (exact) mass is 156 g/mol. The normalized spacial score (nSPS) is 26.2. The first kappa shape index (κ1) is 8.04. The molecule has 1 saturated heterocycles. The molecule has 0 saturated carbocycles. The van der Waals surface area contributed by atoms with Crippen molar-refractivity contribution >= 4 is 11.8 Å². The second-order valence-corrected chi connectivity index (χ2v) is 2.97. The number of rotatable bonds is 2. The maximum Gasteiger partial charge on any atom is 0.239 e. The van der Waals surface area contributed by atoms with Gasteiger partial charge >= 0.3 is 0 Å². The molecule has 0 radical (unpaired) electrons. The van der Waals surface area contributed by atoms with Crippen molar-refractivity contribution in [2.24, 2.45) is 11.7 Å². The van der Waals surface area contributed by atoms with E-state index in [1.54, 1.807) is 6.92 Å². The summed E-state index contributed by atoms with van der Waals surface area (Å²) in [5.74, 6) is -0.349. The van der Waals surface area contributed by atoms with E-state index < -0.39 is 11.9 Å². The quantitative estimate of drug-likeness (QED) is 0.539. The molecule has 1 fully saturated rings. The number of likely N-dealkylation sites (tertiary alicyclic amines) is 1. The number of carbonyl (C=O) groups is 2. The van der Waals surface area contributed by atoms with E-state index in [2.05, 4.69) is 0 Å². The number of carbonyl (C=O) groups excluding carboxylic acids is 2. The summed E-state index contributed by atoms with van der Waals surface area (Å²) in [5, 5.41) is 0. The summed E-state index contributed by atoms with van der Waals surface area (Å²) < 4.78 is 0. The molecule has 1 aliphatic rings. The minimum Gasteiger partial charge on any atom is -0.368 e. The van der Waals surface area contributed by atoms with Crippen molar-refractivity contribution in [3.8, 4) is 0 Å². The number of amides is 2. The van der Waals surface area contributed by atoms with Crippen molar-refractivity contribution in [2.45, 2.75) is 19.9 Å². The van der Waals surface area contributed by atoms with E-state index in [1.807, 2.05) is 6.92 Å². The van der Waals surface area contributed by atoms with E-state index in [4.69, 9.17) is 5.73 Å². The van der Waals surface area contributed by atoms with Gasteiger partial charge in [-0.15, -0.1) is 0 Å². The van der Waals surface area contributed by atoms with Crippen LogP contribution in [0.3, 0.4) is 0 Å². The zero-order chi connectivity index (χ0) is 8.59. The van der Waals surface area contributed by atoms with Crippen LogP contribution >= 0.6 is 0 Å². The molecule has 1 heterocycles. The Balaban J connectivity index is 2.52. The van der Waals surface area contributed by atoms with E-state index in [0.29, 0.717) is 6.54 Å². The van der Waals surface area contributed by atoms with Crippen LogP contribution in [0.4, 0.5) is 0 Å². The maximum absolute atomic E-state index is 11.0. The van der Waals surface area contributed by atoms with E-state index in [1.165, 1.54) is 4.90 Å². The first-order valence-corrected chi connectivity index (χ1v) is 3.64. The molecule has 0 aromatic rings. The van der Waals surface area contributed by atoms with Gasteiger partial charge in [0.15, 0.2) is 0 Å². The first-order chi connectivity index (χ1) is 5.04. The summed E-state index contributed by atoms with van der Waals surface area (Å²) in [5.41, 5.74) is 5.02. The minimum atomic E-state index is -0.446. The lowest BCUT2D eigenvalue weighted by molar-refractivity contribution is -0.153. The molecule has 2 unspecified atom stereocenters. The Morgan fingerprint density at radius 1 is 1.82 bits per heavy atom. The fraction of sp³-hybridized carbons (Fsp3) is 0.714. The first-order valence-electron chi connectivity index (χ1n) is 3.64. The highest BCUT2D eigenvalue weighted by Crippen LogP contribution is 2.19. The Morgan fingerprint density at radius 2 is 2.36 bits per heavy atom. The molecule has 2 atom stereocenters. The molecule has 0 aromatic carbocycles. The SMILES string of the molecule is CC1CN(C(C)C(N)=O)C1=O.